The van der Waals surface area contributed by atoms with Gasteiger partial charge in [0, 0.05) is 0 Å². The molecule has 2 N–H and O–H groups in total. The molecule has 1 saturated carbocycles. The standard InChI is InChI=1S/C16H28O4/c1-3-5-7-11-12(8-6-4-2)14(16(19)20)10-9-13(11)15(17)18/h11-14H,3-10H2,1-2H3,(H,17,18)(H,19,20). The van der Waals surface area contributed by atoms with Crippen molar-refractivity contribution in [2.45, 2.75) is 65.2 Å². The Labute approximate surface area is 121 Å². The molecule has 0 bridgehead atoms. The summed E-state index contributed by atoms with van der Waals surface area (Å²) in [5, 5.41) is 18.9. The van der Waals surface area contributed by atoms with E-state index in [1.54, 1.807) is 0 Å². The van der Waals surface area contributed by atoms with E-state index in [2.05, 4.69) is 13.8 Å². The zero-order chi connectivity index (χ0) is 15.1. The van der Waals surface area contributed by atoms with Crippen LogP contribution in [0.25, 0.3) is 0 Å². The topological polar surface area (TPSA) is 74.6 Å². The third kappa shape index (κ3) is 4.22. The third-order valence-electron chi connectivity index (χ3n) is 4.79. The molecule has 4 unspecified atom stereocenters. The second-order valence-corrected chi connectivity index (χ2v) is 6.08. The van der Waals surface area contributed by atoms with Crippen molar-refractivity contribution in [1.82, 2.24) is 0 Å². The van der Waals surface area contributed by atoms with Gasteiger partial charge in [0.15, 0.2) is 0 Å². The molecule has 0 saturated heterocycles. The Kier molecular flexibility index (Phi) is 7.03. The van der Waals surface area contributed by atoms with Gasteiger partial charge in [0.05, 0.1) is 11.8 Å². The minimum absolute atomic E-state index is 0.0360. The molecule has 0 aliphatic heterocycles. The Hall–Kier alpha value is -1.06. The predicted molar refractivity (Wildman–Crippen MR) is 77.5 cm³/mol. The van der Waals surface area contributed by atoms with E-state index in [0.29, 0.717) is 12.8 Å². The lowest BCUT2D eigenvalue weighted by molar-refractivity contribution is -0.155. The van der Waals surface area contributed by atoms with Crippen LogP contribution in [-0.4, -0.2) is 22.2 Å². The molecular formula is C16H28O4. The minimum atomic E-state index is -0.739. The van der Waals surface area contributed by atoms with Gasteiger partial charge in [-0.3, -0.25) is 9.59 Å². The Balaban J connectivity index is 2.91. The van der Waals surface area contributed by atoms with Crippen LogP contribution < -0.4 is 0 Å². The molecule has 0 aromatic carbocycles. The number of carboxylic acid groups (broad SMARTS) is 2. The Bertz CT molecular complexity index is 294. The average molecular weight is 284 g/mol. The number of aliphatic carboxylic acids is 2. The smallest absolute Gasteiger partial charge is 0.306 e. The molecule has 0 spiro atoms. The largest absolute Gasteiger partial charge is 0.481 e. The molecule has 0 aromatic heterocycles. The predicted octanol–water partition coefficient (Wildman–Crippen LogP) is 3.79. The van der Waals surface area contributed by atoms with E-state index < -0.39 is 11.9 Å². The second kappa shape index (κ2) is 8.28. The van der Waals surface area contributed by atoms with Crippen molar-refractivity contribution >= 4 is 11.9 Å². The quantitative estimate of drug-likeness (QED) is 0.711. The molecule has 1 aliphatic carbocycles. The van der Waals surface area contributed by atoms with Gasteiger partial charge in [-0.1, -0.05) is 39.5 Å². The van der Waals surface area contributed by atoms with E-state index in [4.69, 9.17) is 0 Å². The van der Waals surface area contributed by atoms with Crippen LogP contribution >= 0.6 is 0 Å². The van der Waals surface area contributed by atoms with E-state index in [-0.39, 0.29) is 23.7 Å². The fraction of sp³-hybridized carbons (Fsp3) is 0.875. The van der Waals surface area contributed by atoms with E-state index in [9.17, 15) is 19.8 Å². The first-order valence-corrected chi connectivity index (χ1v) is 7.98. The fourth-order valence-electron chi connectivity index (χ4n) is 3.71. The number of hydrogen-bond donors (Lipinski definition) is 2. The summed E-state index contributed by atoms with van der Waals surface area (Å²) in [6.45, 7) is 4.18. The highest BCUT2D eigenvalue weighted by atomic mass is 16.4. The summed E-state index contributed by atoms with van der Waals surface area (Å²) in [7, 11) is 0. The van der Waals surface area contributed by atoms with Crippen molar-refractivity contribution in [2.75, 3.05) is 0 Å². The monoisotopic (exact) mass is 284 g/mol. The molecular weight excluding hydrogens is 256 g/mol. The van der Waals surface area contributed by atoms with E-state index in [1.165, 1.54) is 0 Å². The lowest BCUT2D eigenvalue weighted by atomic mass is 9.63. The lowest BCUT2D eigenvalue weighted by Crippen LogP contribution is -2.41. The first-order valence-electron chi connectivity index (χ1n) is 7.98. The van der Waals surface area contributed by atoms with Crippen LogP contribution in [-0.2, 0) is 9.59 Å². The molecule has 1 fully saturated rings. The van der Waals surface area contributed by atoms with Crippen molar-refractivity contribution < 1.29 is 19.8 Å². The van der Waals surface area contributed by atoms with Crippen LogP contribution in [0.5, 0.6) is 0 Å². The molecule has 0 aromatic rings. The highest BCUT2D eigenvalue weighted by Crippen LogP contribution is 2.44. The van der Waals surface area contributed by atoms with Crippen LogP contribution in [0, 0.1) is 23.7 Å². The van der Waals surface area contributed by atoms with Gasteiger partial charge in [-0.25, -0.2) is 0 Å². The number of rotatable bonds is 8. The molecule has 0 amide bonds. The summed E-state index contributed by atoms with van der Waals surface area (Å²) in [5.74, 6) is -2.10. The van der Waals surface area contributed by atoms with Crippen molar-refractivity contribution in [1.29, 1.82) is 0 Å². The fourth-order valence-corrected chi connectivity index (χ4v) is 3.71. The van der Waals surface area contributed by atoms with Crippen molar-refractivity contribution in [2.24, 2.45) is 23.7 Å². The molecule has 0 radical (unpaired) electrons. The summed E-state index contributed by atoms with van der Waals surface area (Å²) in [4.78, 5) is 23.0. The number of carbonyl (C=O) groups is 2. The summed E-state index contributed by atoms with van der Waals surface area (Å²) in [6.07, 6.45) is 6.78. The number of unbranched alkanes of at least 4 members (excludes halogenated alkanes) is 2. The third-order valence-corrected chi connectivity index (χ3v) is 4.79. The number of hydrogen-bond acceptors (Lipinski definition) is 2. The summed E-state index contributed by atoms with van der Waals surface area (Å²) in [5.41, 5.74) is 0. The Morgan fingerprint density at radius 3 is 1.45 bits per heavy atom. The molecule has 116 valence electrons. The minimum Gasteiger partial charge on any atom is -0.481 e. The van der Waals surface area contributed by atoms with Crippen LogP contribution in [0.15, 0.2) is 0 Å². The average Bonchev–Trinajstić information content (AvgIpc) is 2.41. The van der Waals surface area contributed by atoms with E-state index in [0.717, 1.165) is 38.5 Å². The van der Waals surface area contributed by atoms with Crippen LogP contribution in [0.2, 0.25) is 0 Å². The van der Waals surface area contributed by atoms with Gasteiger partial charge in [-0.05, 0) is 37.5 Å². The van der Waals surface area contributed by atoms with E-state index in [1.807, 2.05) is 0 Å². The van der Waals surface area contributed by atoms with Gasteiger partial charge in [-0.2, -0.15) is 0 Å². The summed E-state index contributed by atoms with van der Waals surface area (Å²) in [6, 6.07) is 0. The first kappa shape index (κ1) is 17.0. The lowest BCUT2D eigenvalue weighted by Gasteiger charge is -2.40. The zero-order valence-electron chi connectivity index (χ0n) is 12.7. The van der Waals surface area contributed by atoms with Crippen LogP contribution in [0.1, 0.15) is 65.2 Å². The maximum absolute atomic E-state index is 11.5. The molecule has 20 heavy (non-hydrogen) atoms. The molecule has 4 heteroatoms. The normalized spacial score (nSPS) is 30.1. The Morgan fingerprint density at radius 2 is 1.20 bits per heavy atom. The van der Waals surface area contributed by atoms with Gasteiger partial charge in [0.1, 0.15) is 0 Å². The van der Waals surface area contributed by atoms with Gasteiger partial charge in [0.25, 0.3) is 0 Å². The van der Waals surface area contributed by atoms with Crippen molar-refractivity contribution in [3.63, 3.8) is 0 Å². The van der Waals surface area contributed by atoms with Gasteiger partial charge in [-0.15, -0.1) is 0 Å². The molecule has 4 atom stereocenters. The Morgan fingerprint density at radius 1 is 0.850 bits per heavy atom. The maximum atomic E-state index is 11.5. The van der Waals surface area contributed by atoms with Crippen LogP contribution in [0.3, 0.4) is 0 Å². The maximum Gasteiger partial charge on any atom is 0.306 e. The van der Waals surface area contributed by atoms with Crippen molar-refractivity contribution in [3.8, 4) is 0 Å². The van der Waals surface area contributed by atoms with Gasteiger partial charge >= 0.3 is 11.9 Å². The van der Waals surface area contributed by atoms with E-state index >= 15 is 0 Å². The van der Waals surface area contributed by atoms with Crippen molar-refractivity contribution in [3.05, 3.63) is 0 Å². The molecule has 1 rings (SSSR count). The van der Waals surface area contributed by atoms with Gasteiger partial charge < -0.3 is 10.2 Å². The molecule has 1 aliphatic rings. The first-order chi connectivity index (χ1) is 9.52. The van der Waals surface area contributed by atoms with Gasteiger partial charge in [0.2, 0.25) is 0 Å². The SMILES string of the molecule is CCCCC1C(C(=O)O)CCC(C(=O)O)C1CCCC. The highest BCUT2D eigenvalue weighted by molar-refractivity contribution is 5.73. The number of carboxylic acids is 2. The second-order valence-electron chi connectivity index (χ2n) is 6.08. The van der Waals surface area contributed by atoms with Crippen LogP contribution in [0.4, 0.5) is 0 Å². The molecule has 4 nitrogen and oxygen atoms in total. The molecule has 0 heterocycles. The highest BCUT2D eigenvalue weighted by Gasteiger charge is 2.44. The summed E-state index contributed by atoms with van der Waals surface area (Å²) >= 11 is 0. The summed E-state index contributed by atoms with van der Waals surface area (Å²) < 4.78 is 0. The zero-order valence-corrected chi connectivity index (χ0v) is 12.7.